The van der Waals surface area contributed by atoms with Crippen LogP contribution < -0.4 is 0 Å². The number of fused-ring (bicyclic) bond motifs is 3. The molecule has 1 nitrogen and oxygen atoms in total. The van der Waals surface area contributed by atoms with Crippen LogP contribution in [0.2, 0.25) is 0 Å². The lowest BCUT2D eigenvalue weighted by molar-refractivity contribution is 0.591. The third-order valence-electron chi connectivity index (χ3n) is 10.4. The highest BCUT2D eigenvalue weighted by Crippen LogP contribution is 2.46. The molecule has 0 atom stereocenters. The molecule has 222 valence electrons. The summed E-state index contributed by atoms with van der Waals surface area (Å²) in [5.41, 5.74) is 12.1. The van der Waals surface area contributed by atoms with Gasteiger partial charge in [0.1, 0.15) is 0 Å². The van der Waals surface area contributed by atoms with Crippen LogP contribution in [0.25, 0.3) is 76.5 Å². The normalized spacial score (nSPS) is 14.2. The molecule has 1 heterocycles. The molecular weight excluding hydrogens is 555 g/mol. The lowest BCUT2D eigenvalue weighted by atomic mass is 9.80. The second kappa shape index (κ2) is 9.93. The van der Waals surface area contributed by atoms with Gasteiger partial charge in [0.2, 0.25) is 0 Å². The Balaban J connectivity index is 1.30. The van der Waals surface area contributed by atoms with Crippen molar-refractivity contribution in [3.8, 4) is 11.1 Å². The van der Waals surface area contributed by atoms with Crippen molar-refractivity contribution < 1.29 is 0 Å². The van der Waals surface area contributed by atoms with Crippen molar-refractivity contribution in [2.24, 2.45) is 0 Å². The minimum absolute atomic E-state index is 0.0925. The summed E-state index contributed by atoms with van der Waals surface area (Å²) in [6.45, 7) is 9.17. The van der Waals surface area contributed by atoms with Gasteiger partial charge in [-0.3, -0.25) is 0 Å². The van der Waals surface area contributed by atoms with Gasteiger partial charge < -0.3 is 4.57 Å². The minimum atomic E-state index is 0.0925. The zero-order valence-electron chi connectivity index (χ0n) is 27.0. The first-order chi connectivity index (χ1) is 22.4. The SMILES string of the molecule is Cc1ccccc1-c1cc(C2=CC=C(n3c4ccccc4c4ccccc43)CC2)c2ccc3cc(C(C)(C)C)cc4ccc1c2c34. The van der Waals surface area contributed by atoms with E-state index in [0.717, 1.165) is 12.8 Å². The number of para-hydroxylation sites is 2. The Bertz CT molecular complexity index is 2490. The second-order valence-electron chi connectivity index (χ2n) is 14.2. The first kappa shape index (κ1) is 27.2. The Morgan fingerprint density at radius 3 is 1.74 bits per heavy atom. The molecule has 0 fully saturated rings. The van der Waals surface area contributed by atoms with Gasteiger partial charge in [0, 0.05) is 16.5 Å². The van der Waals surface area contributed by atoms with Crippen molar-refractivity contribution >= 4 is 65.4 Å². The summed E-state index contributed by atoms with van der Waals surface area (Å²) >= 11 is 0. The number of nitrogens with zero attached hydrogens (tertiary/aromatic N) is 1. The standard InChI is InChI=1S/C45H37N/c1-28-11-5-6-12-34(28)40-27-39(37-23-19-30-25-32(45(2,3)4)26-31-20-24-38(40)44(37)43(30)31)29-17-21-33(22-18-29)46-41-15-9-7-13-35(41)36-14-8-10-16-42(36)46/h5-17,19-21,23-27H,18,22H2,1-4H3. The van der Waals surface area contributed by atoms with Crippen LogP contribution >= 0.6 is 0 Å². The molecule has 1 aromatic heterocycles. The van der Waals surface area contributed by atoms with Crippen molar-refractivity contribution in [1.29, 1.82) is 0 Å². The summed E-state index contributed by atoms with van der Waals surface area (Å²) in [5, 5.41) is 10.8. The minimum Gasteiger partial charge on any atom is -0.313 e. The highest BCUT2D eigenvalue weighted by molar-refractivity contribution is 6.27. The van der Waals surface area contributed by atoms with Gasteiger partial charge in [-0.25, -0.2) is 0 Å². The first-order valence-electron chi connectivity index (χ1n) is 16.6. The average molecular weight is 592 g/mol. The van der Waals surface area contributed by atoms with Gasteiger partial charge in [0.15, 0.2) is 0 Å². The molecule has 0 saturated carbocycles. The fourth-order valence-electron chi connectivity index (χ4n) is 7.98. The Morgan fingerprint density at radius 2 is 1.13 bits per heavy atom. The third kappa shape index (κ3) is 4.01. The van der Waals surface area contributed by atoms with Gasteiger partial charge in [-0.2, -0.15) is 0 Å². The summed E-state index contributed by atoms with van der Waals surface area (Å²) in [4.78, 5) is 0. The van der Waals surface area contributed by atoms with Crippen LogP contribution in [-0.2, 0) is 5.41 Å². The van der Waals surface area contributed by atoms with E-state index < -0.39 is 0 Å². The molecule has 0 saturated heterocycles. The summed E-state index contributed by atoms with van der Waals surface area (Å²) in [6, 6.07) is 43.3. The van der Waals surface area contributed by atoms with Crippen LogP contribution in [0.15, 0.2) is 127 Å². The van der Waals surface area contributed by atoms with E-state index in [-0.39, 0.29) is 5.41 Å². The number of benzene rings is 7. The topological polar surface area (TPSA) is 4.93 Å². The van der Waals surface area contributed by atoms with Gasteiger partial charge in [0.25, 0.3) is 0 Å². The van der Waals surface area contributed by atoms with E-state index >= 15 is 0 Å². The summed E-state index contributed by atoms with van der Waals surface area (Å²) in [7, 11) is 0. The monoisotopic (exact) mass is 591 g/mol. The first-order valence-corrected chi connectivity index (χ1v) is 16.6. The van der Waals surface area contributed by atoms with E-state index in [1.165, 1.54) is 93.2 Å². The van der Waals surface area contributed by atoms with E-state index in [1.54, 1.807) is 0 Å². The smallest absolute Gasteiger partial charge is 0.0537 e. The van der Waals surface area contributed by atoms with Crippen molar-refractivity contribution in [2.75, 3.05) is 0 Å². The summed E-state index contributed by atoms with van der Waals surface area (Å²) in [5.74, 6) is 0. The van der Waals surface area contributed by atoms with Crippen LogP contribution in [0.5, 0.6) is 0 Å². The van der Waals surface area contributed by atoms with E-state index in [9.17, 15) is 0 Å². The lowest BCUT2D eigenvalue weighted by Crippen LogP contribution is -2.10. The molecule has 0 aliphatic heterocycles. The Kier molecular flexibility index (Phi) is 5.87. The highest BCUT2D eigenvalue weighted by Gasteiger charge is 2.22. The Labute approximate surface area is 270 Å². The predicted molar refractivity (Wildman–Crippen MR) is 200 cm³/mol. The van der Waals surface area contributed by atoms with E-state index in [1.807, 2.05) is 0 Å². The van der Waals surface area contributed by atoms with Gasteiger partial charge in [0.05, 0.1) is 11.0 Å². The molecule has 8 aromatic rings. The zero-order chi connectivity index (χ0) is 31.2. The van der Waals surface area contributed by atoms with Gasteiger partial charge >= 0.3 is 0 Å². The molecule has 7 aromatic carbocycles. The van der Waals surface area contributed by atoms with Crippen molar-refractivity contribution in [1.82, 2.24) is 4.57 Å². The fourth-order valence-corrected chi connectivity index (χ4v) is 7.98. The maximum Gasteiger partial charge on any atom is 0.0537 e. The molecule has 0 amide bonds. The van der Waals surface area contributed by atoms with Crippen molar-refractivity contribution in [3.63, 3.8) is 0 Å². The molecule has 0 N–H and O–H groups in total. The third-order valence-corrected chi connectivity index (χ3v) is 10.4. The maximum atomic E-state index is 2.48. The molecular formula is C45H37N. The summed E-state index contributed by atoms with van der Waals surface area (Å²) in [6.07, 6.45) is 6.76. The van der Waals surface area contributed by atoms with Crippen LogP contribution in [0, 0.1) is 6.92 Å². The van der Waals surface area contributed by atoms with E-state index in [2.05, 4.69) is 160 Å². The number of allylic oxidation sites excluding steroid dienone is 4. The largest absolute Gasteiger partial charge is 0.313 e. The molecule has 0 spiro atoms. The quantitative estimate of drug-likeness (QED) is 0.180. The lowest BCUT2D eigenvalue weighted by Gasteiger charge is -2.24. The molecule has 1 heteroatoms. The molecule has 1 aliphatic carbocycles. The van der Waals surface area contributed by atoms with Crippen molar-refractivity contribution in [2.45, 2.75) is 46.0 Å². The Morgan fingerprint density at radius 1 is 0.522 bits per heavy atom. The van der Waals surface area contributed by atoms with Crippen LogP contribution in [-0.4, -0.2) is 4.57 Å². The van der Waals surface area contributed by atoms with Crippen LogP contribution in [0.4, 0.5) is 0 Å². The Hall–Kier alpha value is -5.14. The molecule has 1 aliphatic rings. The zero-order valence-corrected chi connectivity index (χ0v) is 27.0. The van der Waals surface area contributed by atoms with Gasteiger partial charge in [-0.1, -0.05) is 124 Å². The maximum absolute atomic E-state index is 2.48. The number of aryl methyl sites for hydroxylation is 1. The summed E-state index contributed by atoms with van der Waals surface area (Å²) < 4.78 is 2.48. The number of rotatable bonds is 3. The van der Waals surface area contributed by atoms with Gasteiger partial charge in [-0.15, -0.1) is 0 Å². The molecule has 46 heavy (non-hydrogen) atoms. The average Bonchev–Trinajstić information content (AvgIpc) is 3.41. The number of aromatic nitrogens is 1. The molecule has 0 radical (unpaired) electrons. The predicted octanol–water partition coefficient (Wildman–Crippen LogP) is 12.7. The van der Waals surface area contributed by atoms with Gasteiger partial charge in [-0.05, 0) is 115 Å². The molecule has 0 bridgehead atoms. The molecule has 0 unspecified atom stereocenters. The van der Waals surface area contributed by atoms with E-state index in [4.69, 9.17) is 0 Å². The number of hydrogen-bond donors (Lipinski definition) is 0. The van der Waals surface area contributed by atoms with E-state index in [0.29, 0.717) is 0 Å². The second-order valence-corrected chi connectivity index (χ2v) is 14.2. The molecule has 9 rings (SSSR count). The van der Waals surface area contributed by atoms with Crippen LogP contribution in [0.1, 0.15) is 50.3 Å². The van der Waals surface area contributed by atoms with Crippen molar-refractivity contribution in [3.05, 3.63) is 144 Å². The fraction of sp³-hybridized carbons (Fsp3) is 0.156. The van der Waals surface area contributed by atoms with Crippen LogP contribution in [0.3, 0.4) is 0 Å². The number of hydrogen-bond acceptors (Lipinski definition) is 0. The highest BCUT2D eigenvalue weighted by atomic mass is 15.0.